The Kier molecular flexibility index (Phi) is 6.10. The Balaban J connectivity index is 1.65. The third kappa shape index (κ3) is 4.85. The van der Waals surface area contributed by atoms with Gasteiger partial charge in [-0.05, 0) is 19.2 Å². The van der Waals surface area contributed by atoms with E-state index in [1.807, 2.05) is 12.1 Å². The summed E-state index contributed by atoms with van der Waals surface area (Å²) in [6.07, 6.45) is -0.262. The molecule has 2 aromatic rings. The quantitative estimate of drug-likeness (QED) is 0.800. The average molecular weight is 394 g/mol. The molecule has 1 N–H and O–H groups in total. The fourth-order valence-corrected chi connectivity index (χ4v) is 3.21. The number of aliphatic carboxylic acids is 1. The monoisotopic (exact) mass is 393 g/mol. The second kappa shape index (κ2) is 8.51. The SMILES string of the molecule is CN(CC(=O)O)CC1CN(C(=O)c2cc(-c3ccccc3Cl)on2)CCO1. The zero-order valence-corrected chi connectivity index (χ0v) is 15.6. The number of morpholine rings is 1. The molecule has 0 saturated carbocycles. The second-order valence-corrected chi connectivity index (χ2v) is 6.80. The molecule has 1 fully saturated rings. The summed E-state index contributed by atoms with van der Waals surface area (Å²) in [5.74, 6) is -0.739. The minimum absolute atomic E-state index is 0.0850. The van der Waals surface area contributed by atoms with Crippen molar-refractivity contribution in [2.24, 2.45) is 0 Å². The molecule has 1 amide bonds. The molecule has 0 bridgehead atoms. The van der Waals surface area contributed by atoms with Gasteiger partial charge in [0.2, 0.25) is 0 Å². The Bertz CT molecular complexity index is 825. The number of carboxylic acid groups (broad SMARTS) is 1. The fraction of sp³-hybridized carbons (Fsp3) is 0.389. The van der Waals surface area contributed by atoms with Gasteiger partial charge in [-0.3, -0.25) is 14.5 Å². The Hall–Kier alpha value is -2.42. The van der Waals surface area contributed by atoms with Gasteiger partial charge in [-0.25, -0.2) is 0 Å². The maximum Gasteiger partial charge on any atom is 0.317 e. The van der Waals surface area contributed by atoms with E-state index >= 15 is 0 Å². The molecule has 1 aromatic heterocycles. The molecule has 0 radical (unpaired) electrons. The summed E-state index contributed by atoms with van der Waals surface area (Å²) in [7, 11) is 1.70. The van der Waals surface area contributed by atoms with E-state index in [-0.39, 0.29) is 24.2 Å². The number of carbonyl (C=O) groups excluding carboxylic acids is 1. The number of hydrogen-bond acceptors (Lipinski definition) is 6. The number of amides is 1. The van der Waals surface area contributed by atoms with Crippen LogP contribution in [0.1, 0.15) is 10.5 Å². The van der Waals surface area contributed by atoms with Crippen LogP contribution in [0.2, 0.25) is 5.02 Å². The molecule has 9 heteroatoms. The van der Waals surface area contributed by atoms with Crippen LogP contribution in [0.3, 0.4) is 0 Å². The van der Waals surface area contributed by atoms with E-state index in [0.29, 0.717) is 42.6 Å². The van der Waals surface area contributed by atoms with Crippen LogP contribution in [0.4, 0.5) is 0 Å². The van der Waals surface area contributed by atoms with Crippen LogP contribution in [-0.2, 0) is 9.53 Å². The van der Waals surface area contributed by atoms with E-state index in [1.165, 1.54) is 0 Å². The van der Waals surface area contributed by atoms with Gasteiger partial charge < -0.3 is 19.3 Å². The van der Waals surface area contributed by atoms with Crippen molar-refractivity contribution in [1.82, 2.24) is 15.0 Å². The van der Waals surface area contributed by atoms with E-state index < -0.39 is 5.97 Å². The molecule has 0 spiro atoms. The number of nitrogens with zero attached hydrogens (tertiary/aromatic N) is 3. The van der Waals surface area contributed by atoms with Crippen molar-refractivity contribution in [2.75, 3.05) is 39.8 Å². The van der Waals surface area contributed by atoms with E-state index in [2.05, 4.69) is 5.16 Å². The predicted molar refractivity (Wildman–Crippen MR) is 97.7 cm³/mol. The van der Waals surface area contributed by atoms with Crippen LogP contribution in [-0.4, -0.2) is 77.9 Å². The molecule has 1 aliphatic rings. The van der Waals surface area contributed by atoms with Crippen LogP contribution < -0.4 is 0 Å². The van der Waals surface area contributed by atoms with Gasteiger partial charge in [0.15, 0.2) is 11.5 Å². The summed E-state index contributed by atoms with van der Waals surface area (Å²) < 4.78 is 10.9. The zero-order chi connectivity index (χ0) is 19.4. The summed E-state index contributed by atoms with van der Waals surface area (Å²) in [4.78, 5) is 26.8. The molecule has 1 saturated heterocycles. The maximum absolute atomic E-state index is 12.7. The maximum atomic E-state index is 12.7. The summed E-state index contributed by atoms with van der Waals surface area (Å²) in [5, 5.41) is 13.2. The number of carboxylic acids is 1. The number of aromatic nitrogens is 1. The van der Waals surface area contributed by atoms with E-state index in [9.17, 15) is 9.59 Å². The Morgan fingerprint density at radius 1 is 1.41 bits per heavy atom. The van der Waals surface area contributed by atoms with E-state index in [0.717, 1.165) is 0 Å². The third-order valence-electron chi connectivity index (χ3n) is 4.22. The zero-order valence-electron chi connectivity index (χ0n) is 14.8. The van der Waals surface area contributed by atoms with E-state index in [4.69, 9.17) is 26.0 Å². The number of ether oxygens (including phenoxy) is 1. The summed E-state index contributed by atoms with van der Waals surface area (Å²) in [5.41, 5.74) is 0.866. The summed E-state index contributed by atoms with van der Waals surface area (Å²) >= 11 is 6.15. The Morgan fingerprint density at radius 2 is 2.19 bits per heavy atom. The molecule has 8 nitrogen and oxygen atoms in total. The number of likely N-dealkylation sites (N-methyl/N-ethyl adjacent to an activating group) is 1. The normalized spacial score (nSPS) is 17.3. The van der Waals surface area contributed by atoms with Crippen molar-refractivity contribution >= 4 is 23.5 Å². The Labute approximate surface area is 161 Å². The number of benzene rings is 1. The molecule has 1 aromatic carbocycles. The second-order valence-electron chi connectivity index (χ2n) is 6.39. The largest absolute Gasteiger partial charge is 0.480 e. The highest BCUT2D eigenvalue weighted by Gasteiger charge is 2.28. The average Bonchev–Trinajstić information content (AvgIpc) is 3.10. The fourth-order valence-electron chi connectivity index (χ4n) is 2.98. The van der Waals surface area contributed by atoms with Gasteiger partial charge in [0.05, 0.1) is 24.3 Å². The van der Waals surface area contributed by atoms with Crippen LogP contribution >= 0.6 is 11.6 Å². The molecular formula is C18H20ClN3O5. The molecule has 1 atom stereocenters. The van der Waals surface area contributed by atoms with Crippen molar-refractivity contribution < 1.29 is 24.0 Å². The lowest BCUT2D eigenvalue weighted by atomic mass is 10.1. The molecule has 1 aliphatic heterocycles. The number of hydrogen-bond donors (Lipinski definition) is 1. The van der Waals surface area contributed by atoms with Gasteiger partial charge in [0, 0.05) is 31.3 Å². The first-order valence-corrected chi connectivity index (χ1v) is 8.84. The highest BCUT2D eigenvalue weighted by atomic mass is 35.5. The van der Waals surface area contributed by atoms with Gasteiger partial charge in [0.25, 0.3) is 5.91 Å². The topological polar surface area (TPSA) is 96.1 Å². The van der Waals surface area contributed by atoms with Gasteiger partial charge in [-0.15, -0.1) is 0 Å². The molecule has 1 unspecified atom stereocenters. The number of carbonyl (C=O) groups is 2. The number of halogens is 1. The van der Waals surface area contributed by atoms with Gasteiger partial charge in [0.1, 0.15) is 0 Å². The van der Waals surface area contributed by atoms with E-state index in [1.54, 1.807) is 35.0 Å². The first kappa shape index (κ1) is 19.3. The van der Waals surface area contributed by atoms with Crippen LogP contribution in [0, 0.1) is 0 Å². The van der Waals surface area contributed by atoms with Crippen LogP contribution in [0.25, 0.3) is 11.3 Å². The third-order valence-corrected chi connectivity index (χ3v) is 4.54. The van der Waals surface area contributed by atoms with Crippen molar-refractivity contribution in [3.8, 4) is 11.3 Å². The van der Waals surface area contributed by atoms with Crippen LogP contribution in [0.5, 0.6) is 0 Å². The standard InChI is InChI=1S/C18H20ClN3O5/c1-21(11-17(23)24)9-12-10-22(6-7-26-12)18(25)15-8-16(27-20-15)13-4-2-3-5-14(13)19/h2-5,8,12H,6-7,9-11H2,1H3,(H,23,24). The minimum atomic E-state index is -0.907. The summed E-state index contributed by atoms with van der Waals surface area (Å²) in [6.45, 7) is 1.51. The Morgan fingerprint density at radius 3 is 2.93 bits per heavy atom. The number of rotatable bonds is 6. The van der Waals surface area contributed by atoms with Gasteiger partial charge in [-0.2, -0.15) is 0 Å². The molecule has 0 aliphatic carbocycles. The van der Waals surface area contributed by atoms with Crippen molar-refractivity contribution in [3.05, 3.63) is 41.0 Å². The lowest BCUT2D eigenvalue weighted by molar-refractivity contribution is -0.138. The highest BCUT2D eigenvalue weighted by molar-refractivity contribution is 6.33. The molecule has 3 rings (SSSR count). The lowest BCUT2D eigenvalue weighted by Gasteiger charge is -2.34. The first-order chi connectivity index (χ1) is 12.9. The molecular weight excluding hydrogens is 374 g/mol. The van der Waals surface area contributed by atoms with Crippen LogP contribution in [0.15, 0.2) is 34.9 Å². The van der Waals surface area contributed by atoms with Gasteiger partial charge >= 0.3 is 5.97 Å². The predicted octanol–water partition coefficient (Wildman–Crippen LogP) is 1.85. The minimum Gasteiger partial charge on any atom is -0.480 e. The molecule has 2 heterocycles. The lowest BCUT2D eigenvalue weighted by Crippen LogP contribution is -2.49. The first-order valence-electron chi connectivity index (χ1n) is 8.47. The van der Waals surface area contributed by atoms with Crippen molar-refractivity contribution in [2.45, 2.75) is 6.10 Å². The smallest absolute Gasteiger partial charge is 0.317 e. The van der Waals surface area contributed by atoms with Crippen molar-refractivity contribution in [3.63, 3.8) is 0 Å². The van der Waals surface area contributed by atoms with Crippen molar-refractivity contribution in [1.29, 1.82) is 0 Å². The molecule has 27 heavy (non-hydrogen) atoms. The van der Waals surface area contributed by atoms with Gasteiger partial charge in [-0.1, -0.05) is 28.9 Å². The highest BCUT2D eigenvalue weighted by Crippen LogP contribution is 2.28. The molecule has 144 valence electrons. The summed E-state index contributed by atoms with van der Waals surface area (Å²) in [6, 6.07) is 8.74.